The molecule has 0 saturated carbocycles. The molecule has 0 unspecified atom stereocenters. The number of thiocarbonyl (C=S) groups is 1. The van der Waals surface area contributed by atoms with E-state index in [9.17, 15) is 0 Å². The van der Waals surface area contributed by atoms with Crippen LogP contribution in [0.25, 0.3) is 10.8 Å². The Kier molecular flexibility index (Phi) is 5.62. The fourth-order valence-corrected chi connectivity index (χ4v) is 3.92. The lowest BCUT2D eigenvalue weighted by Gasteiger charge is -2.10. The lowest BCUT2D eigenvalue weighted by Crippen LogP contribution is -2.19. The first-order chi connectivity index (χ1) is 13.6. The Bertz CT molecular complexity index is 1150. The molecule has 4 nitrogen and oxygen atoms in total. The molecule has 0 aliphatic rings. The zero-order valence-electron chi connectivity index (χ0n) is 14.7. The first kappa shape index (κ1) is 18.9. The van der Waals surface area contributed by atoms with Crippen LogP contribution in [-0.4, -0.2) is 14.9 Å². The van der Waals surface area contributed by atoms with Crippen LogP contribution in [0, 0.1) is 0 Å². The zero-order chi connectivity index (χ0) is 19.5. The van der Waals surface area contributed by atoms with Gasteiger partial charge in [0.2, 0.25) is 0 Å². The van der Waals surface area contributed by atoms with E-state index in [0.717, 1.165) is 10.2 Å². The van der Waals surface area contributed by atoms with Gasteiger partial charge in [0, 0.05) is 16.7 Å². The first-order valence-corrected chi connectivity index (χ1v) is 10.2. The number of hydrogen-bond donors (Lipinski definition) is 2. The number of fused-ring (bicyclic) bond motifs is 1. The predicted octanol–water partition coefficient (Wildman–Crippen LogP) is 6.31. The van der Waals surface area contributed by atoms with Crippen molar-refractivity contribution >= 4 is 67.1 Å². The highest BCUT2D eigenvalue weighted by atomic mass is 79.9. The highest BCUT2D eigenvalue weighted by Crippen LogP contribution is 2.26. The molecule has 4 rings (SSSR count). The fourth-order valence-electron chi connectivity index (χ4n) is 2.98. The van der Waals surface area contributed by atoms with Crippen LogP contribution in [0.1, 0.15) is 5.56 Å². The highest BCUT2D eigenvalue weighted by Gasteiger charge is 2.07. The van der Waals surface area contributed by atoms with Gasteiger partial charge in [-0.3, -0.25) is 4.68 Å². The van der Waals surface area contributed by atoms with Gasteiger partial charge in [-0.25, -0.2) is 0 Å². The van der Waals surface area contributed by atoms with E-state index in [1.165, 1.54) is 16.3 Å². The molecule has 0 saturated heterocycles. The summed E-state index contributed by atoms with van der Waals surface area (Å²) >= 11 is 15.0. The number of hydrogen-bond acceptors (Lipinski definition) is 2. The molecule has 4 aromatic rings. The number of nitrogens with one attached hydrogen (secondary N) is 2. The smallest absolute Gasteiger partial charge is 0.176 e. The predicted molar refractivity (Wildman–Crippen MR) is 124 cm³/mol. The topological polar surface area (TPSA) is 41.9 Å². The Labute approximate surface area is 181 Å². The second-order valence-corrected chi connectivity index (χ2v) is 7.97. The molecule has 0 amide bonds. The van der Waals surface area contributed by atoms with Gasteiger partial charge < -0.3 is 10.6 Å². The molecule has 0 aliphatic carbocycles. The van der Waals surface area contributed by atoms with Crippen molar-refractivity contribution in [3.8, 4) is 0 Å². The molecular formula is C21H16BrClN4S. The normalized spacial score (nSPS) is 10.8. The summed E-state index contributed by atoms with van der Waals surface area (Å²) in [5.74, 6) is 0.672. The molecule has 1 heterocycles. The van der Waals surface area contributed by atoms with Crippen LogP contribution >= 0.6 is 39.7 Å². The van der Waals surface area contributed by atoms with Crippen LogP contribution in [0.3, 0.4) is 0 Å². The Balaban J connectivity index is 1.45. The number of anilines is 2. The van der Waals surface area contributed by atoms with Crippen LogP contribution < -0.4 is 10.6 Å². The van der Waals surface area contributed by atoms with Gasteiger partial charge in [-0.1, -0.05) is 70.0 Å². The van der Waals surface area contributed by atoms with Gasteiger partial charge in [-0.05, 0) is 46.8 Å². The van der Waals surface area contributed by atoms with Crippen molar-refractivity contribution in [2.75, 3.05) is 10.6 Å². The zero-order valence-corrected chi connectivity index (χ0v) is 17.9. The van der Waals surface area contributed by atoms with Gasteiger partial charge in [0.05, 0.1) is 17.3 Å². The number of rotatable bonds is 4. The van der Waals surface area contributed by atoms with Crippen LogP contribution in [0.5, 0.6) is 0 Å². The summed E-state index contributed by atoms with van der Waals surface area (Å²) in [5.41, 5.74) is 1.95. The maximum absolute atomic E-state index is 6.22. The molecule has 7 heteroatoms. The average Bonchev–Trinajstić information content (AvgIpc) is 3.11. The van der Waals surface area contributed by atoms with Gasteiger partial charge in [-0.2, -0.15) is 5.10 Å². The van der Waals surface area contributed by atoms with E-state index in [-0.39, 0.29) is 0 Å². The van der Waals surface area contributed by atoms with Gasteiger partial charge in [-0.15, -0.1) is 0 Å². The molecule has 2 N–H and O–H groups in total. The van der Waals surface area contributed by atoms with E-state index in [1.807, 2.05) is 41.2 Å². The van der Waals surface area contributed by atoms with E-state index in [4.69, 9.17) is 23.8 Å². The minimum absolute atomic E-state index is 0.430. The van der Waals surface area contributed by atoms with Crippen LogP contribution in [0.2, 0.25) is 5.02 Å². The maximum atomic E-state index is 6.22. The summed E-state index contributed by atoms with van der Waals surface area (Å²) in [7, 11) is 0. The van der Waals surface area contributed by atoms with Gasteiger partial charge in [0.1, 0.15) is 0 Å². The third-order valence-corrected chi connectivity index (χ3v) is 5.28. The average molecular weight is 472 g/mol. The third kappa shape index (κ3) is 4.35. The SMILES string of the molecule is S=C(Nc1ccn(Cc2cccc3ccccc23)n1)Nc1ccc(Br)cc1Cl. The third-order valence-electron chi connectivity index (χ3n) is 4.27. The van der Waals surface area contributed by atoms with Crippen LogP contribution in [-0.2, 0) is 6.54 Å². The molecule has 0 atom stereocenters. The molecule has 140 valence electrons. The maximum Gasteiger partial charge on any atom is 0.176 e. The summed E-state index contributed by atoms with van der Waals surface area (Å²) in [6, 6.07) is 22.1. The van der Waals surface area contributed by atoms with Gasteiger partial charge in [0.25, 0.3) is 0 Å². The second kappa shape index (κ2) is 8.31. The monoisotopic (exact) mass is 470 g/mol. The van der Waals surface area contributed by atoms with Crippen molar-refractivity contribution in [3.63, 3.8) is 0 Å². The highest BCUT2D eigenvalue weighted by molar-refractivity contribution is 9.10. The fraction of sp³-hybridized carbons (Fsp3) is 0.0476. The van der Waals surface area contributed by atoms with Crippen LogP contribution in [0.4, 0.5) is 11.5 Å². The molecule has 0 aliphatic heterocycles. The van der Waals surface area contributed by atoms with E-state index in [1.54, 1.807) is 0 Å². The van der Waals surface area contributed by atoms with Gasteiger partial charge in [0.15, 0.2) is 10.9 Å². The minimum Gasteiger partial charge on any atom is -0.331 e. The van der Waals surface area contributed by atoms with Crippen molar-refractivity contribution in [1.82, 2.24) is 9.78 Å². The summed E-state index contributed by atoms with van der Waals surface area (Å²) < 4.78 is 2.80. The molecule has 1 aromatic heterocycles. The summed E-state index contributed by atoms with van der Waals surface area (Å²) in [6.07, 6.45) is 1.93. The minimum atomic E-state index is 0.430. The van der Waals surface area contributed by atoms with E-state index < -0.39 is 0 Å². The summed E-state index contributed by atoms with van der Waals surface area (Å²) in [4.78, 5) is 0. The molecular weight excluding hydrogens is 456 g/mol. The van der Waals surface area contributed by atoms with Crippen molar-refractivity contribution in [1.29, 1.82) is 0 Å². The Morgan fingerprint density at radius 1 is 1.04 bits per heavy atom. The largest absolute Gasteiger partial charge is 0.331 e. The molecule has 28 heavy (non-hydrogen) atoms. The number of benzene rings is 3. The first-order valence-electron chi connectivity index (χ1n) is 8.62. The Morgan fingerprint density at radius 3 is 2.71 bits per heavy atom. The van der Waals surface area contributed by atoms with Crippen molar-refractivity contribution < 1.29 is 0 Å². The number of nitrogens with zero attached hydrogens (tertiary/aromatic N) is 2. The Hall–Kier alpha value is -2.41. The molecule has 3 aromatic carbocycles. The summed E-state index contributed by atoms with van der Waals surface area (Å²) in [5, 5.41) is 14.2. The standard InChI is InChI=1S/C21H16BrClN4S/c22-16-8-9-19(18(23)12-16)24-21(28)25-20-10-11-27(26-20)13-15-6-3-5-14-4-1-2-7-17(14)15/h1-12H,13H2,(H2,24,25,26,28). The Morgan fingerprint density at radius 2 is 1.86 bits per heavy atom. The van der Waals surface area contributed by atoms with E-state index in [2.05, 4.69) is 68.1 Å². The lowest BCUT2D eigenvalue weighted by molar-refractivity contribution is 0.693. The lowest BCUT2D eigenvalue weighted by atomic mass is 10.0. The molecule has 0 fully saturated rings. The number of halogens is 2. The number of aromatic nitrogens is 2. The second-order valence-electron chi connectivity index (χ2n) is 6.24. The molecule has 0 spiro atoms. The van der Waals surface area contributed by atoms with Crippen molar-refractivity contribution in [2.24, 2.45) is 0 Å². The summed E-state index contributed by atoms with van der Waals surface area (Å²) in [6.45, 7) is 0.682. The van der Waals surface area contributed by atoms with E-state index >= 15 is 0 Å². The van der Waals surface area contributed by atoms with Crippen molar-refractivity contribution in [2.45, 2.75) is 6.54 Å². The van der Waals surface area contributed by atoms with Crippen molar-refractivity contribution in [3.05, 3.63) is 88.0 Å². The van der Waals surface area contributed by atoms with Gasteiger partial charge >= 0.3 is 0 Å². The quantitative estimate of drug-likeness (QED) is 0.342. The molecule has 0 bridgehead atoms. The molecule has 0 radical (unpaired) electrons. The van der Waals surface area contributed by atoms with E-state index in [0.29, 0.717) is 22.5 Å². The van der Waals surface area contributed by atoms with Crippen LogP contribution in [0.15, 0.2) is 77.4 Å².